The first-order chi connectivity index (χ1) is 7.08. The Morgan fingerprint density at radius 2 is 2.20 bits per heavy atom. The topological polar surface area (TPSA) is 29.3 Å². The van der Waals surface area contributed by atoms with Gasteiger partial charge in [0, 0.05) is 19.7 Å². The molecule has 0 saturated heterocycles. The molecule has 0 heterocycles. The van der Waals surface area contributed by atoms with E-state index < -0.39 is 0 Å². The van der Waals surface area contributed by atoms with Gasteiger partial charge in [-0.2, -0.15) is 0 Å². The molecule has 0 aromatic heterocycles. The number of halogens is 2. The number of nitrogens with two attached hydrogens (primary N) is 1. The van der Waals surface area contributed by atoms with Gasteiger partial charge in [-0.3, -0.25) is 0 Å². The van der Waals surface area contributed by atoms with Crippen LogP contribution in [-0.4, -0.2) is 13.6 Å². The molecule has 1 aromatic carbocycles. The largest absolute Gasteiger partial charge is 0.397 e. The molecule has 2 nitrogen and oxygen atoms in total. The summed E-state index contributed by atoms with van der Waals surface area (Å²) in [6.07, 6.45) is 2.56. The van der Waals surface area contributed by atoms with E-state index in [4.69, 9.17) is 5.73 Å². The Morgan fingerprint density at radius 1 is 1.53 bits per heavy atom. The molecule has 0 amide bonds. The third-order valence-electron chi connectivity index (χ3n) is 2.71. The molecule has 0 bridgehead atoms. The van der Waals surface area contributed by atoms with E-state index in [2.05, 4.69) is 15.9 Å². The van der Waals surface area contributed by atoms with Crippen LogP contribution in [0.1, 0.15) is 12.8 Å². The Bertz CT molecular complexity index is 377. The Balaban J connectivity index is 2.21. The SMILES string of the molecule is CN(CC1CC1)c1cc(F)c(Br)cc1N. The zero-order valence-corrected chi connectivity index (χ0v) is 10.2. The van der Waals surface area contributed by atoms with Crippen LogP contribution in [0.25, 0.3) is 0 Å². The zero-order valence-electron chi connectivity index (χ0n) is 8.63. The summed E-state index contributed by atoms with van der Waals surface area (Å²) >= 11 is 3.12. The molecule has 4 heteroatoms. The van der Waals surface area contributed by atoms with E-state index in [-0.39, 0.29) is 5.82 Å². The fraction of sp³-hybridized carbons (Fsp3) is 0.455. The summed E-state index contributed by atoms with van der Waals surface area (Å²) in [5.74, 6) is 0.503. The number of anilines is 2. The average Bonchev–Trinajstić information content (AvgIpc) is 2.95. The minimum atomic E-state index is -0.262. The lowest BCUT2D eigenvalue weighted by molar-refractivity contribution is 0.620. The maximum Gasteiger partial charge on any atom is 0.139 e. The minimum Gasteiger partial charge on any atom is -0.397 e. The molecule has 0 radical (unpaired) electrons. The van der Waals surface area contributed by atoms with Gasteiger partial charge in [0.1, 0.15) is 5.82 Å². The second kappa shape index (κ2) is 4.00. The molecule has 0 atom stereocenters. The van der Waals surface area contributed by atoms with Gasteiger partial charge in [-0.1, -0.05) is 0 Å². The van der Waals surface area contributed by atoms with Crippen LogP contribution in [0.3, 0.4) is 0 Å². The number of nitrogen functional groups attached to an aromatic ring is 1. The highest BCUT2D eigenvalue weighted by Crippen LogP contribution is 2.34. The molecule has 82 valence electrons. The molecule has 1 aliphatic rings. The maximum absolute atomic E-state index is 13.3. The third kappa shape index (κ3) is 2.43. The molecule has 1 aromatic rings. The quantitative estimate of drug-likeness (QED) is 0.858. The van der Waals surface area contributed by atoms with Crippen LogP contribution in [0.5, 0.6) is 0 Å². The predicted molar refractivity (Wildman–Crippen MR) is 64.5 cm³/mol. The average molecular weight is 273 g/mol. The van der Waals surface area contributed by atoms with Gasteiger partial charge in [-0.25, -0.2) is 4.39 Å². The van der Waals surface area contributed by atoms with Crippen LogP contribution in [0.15, 0.2) is 16.6 Å². The molecule has 0 aliphatic heterocycles. The van der Waals surface area contributed by atoms with Crippen molar-refractivity contribution >= 4 is 27.3 Å². The van der Waals surface area contributed by atoms with Crippen LogP contribution in [-0.2, 0) is 0 Å². The molecular weight excluding hydrogens is 259 g/mol. The third-order valence-corrected chi connectivity index (χ3v) is 3.32. The molecule has 2 rings (SSSR count). The lowest BCUT2D eigenvalue weighted by atomic mass is 10.2. The predicted octanol–water partition coefficient (Wildman–Crippen LogP) is 3.02. The summed E-state index contributed by atoms with van der Waals surface area (Å²) in [4.78, 5) is 2.03. The molecule has 15 heavy (non-hydrogen) atoms. The van der Waals surface area contributed by atoms with Crippen LogP contribution in [0, 0.1) is 11.7 Å². The highest BCUT2D eigenvalue weighted by molar-refractivity contribution is 9.10. The van der Waals surface area contributed by atoms with Crippen molar-refractivity contribution in [2.24, 2.45) is 5.92 Å². The summed E-state index contributed by atoms with van der Waals surface area (Å²) in [7, 11) is 1.96. The van der Waals surface area contributed by atoms with Gasteiger partial charge in [0.15, 0.2) is 0 Å². The zero-order chi connectivity index (χ0) is 11.0. The Kier molecular flexibility index (Phi) is 2.87. The van der Waals surface area contributed by atoms with Gasteiger partial charge in [-0.15, -0.1) is 0 Å². The fourth-order valence-electron chi connectivity index (χ4n) is 1.67. The Hall–Kier alpha value is -0.770. The lowest BCUT2D eigenvalue weighted by Crippen LogP contribution is -2.21. The van der Waals surface area contributed by atoms with Crippen molar-refractivity contribution in [2.75, 3.05) is 24.2 Å². The Labute approximate surface area is 97.4 Å². The monoisotopic (exact) mass is 272 g/mol. The van der Waals surface area contributed by atoms with E-state index in [1.54, 1.807) is 6.07 Å². The Morgan fingerprint density at radius 3 is 2.80 bits per heavy atom. The van der Waals surface area contributed by atoms with Crippen molar-refractivity contribution in [3.8, 4) is 0 Å². The van der Waals surface area contributed by atoms with Crippen molar-refractivity contribution in [2.45, 2.75) is 12.8 Å². The molecule has 2 N–H and O–H groups in total. The molecule has 0 unspecified atom stereocenters. The van der Waals surface area contributed by atoms with Gasteiger partial charge in [0.05, 0.1) is 15.8 Å². The number of nitrogens with zero attached hydrogens (tertiary/aromatic N) is 1. The highest BCUT2D eigenvalue weighted by atomic mass is 79.9. The minimum absolute atomic E-state index is 0.262. The van der Waals surface area contributed by atoms with Gasteiger partial charge >= 0.3 is 0 Å². The lowest BCUT2D eigenvalue weighted by Gasteiger charge is -2.21. The number of rotatable bonds is 3. The summed E-state index contributed by atoms with van der Waals surface area (Å²) in [5.41, 5.74) is 7.25. The van der Waals surface area contributed by atoms with Crippen molar-refractivity contribution < 1.29 is 4.39 Å². The first-order valence-corrected chi connectivity index (χ1v) is 5.83. The number of hydrogen-bond acceptors (Lipinski definition) is 2. The molecule has 1 aliphatic carbocycles. The van der Waals surface area contributed by atoms with Gasteiger partial charge in [-0.05, 0) is 40.8 Å². The van der Waals surface area contributed by atoms with E-state index in [1.165, 1.54) is 18.9 Å². The first-order valence-electron chi connectivity index (χ1n) is 5.03. The summed E-state index contributed by atoms with van der Waals surface area (Å²) < 4.78 is 13.8. The van der Waals surface area contributed by atoms with E-state index in [9.17, 15) is 4.39 Å². The van der Waals surface area contributed by atoms with Crippen molar-refractivity contribution in [1.29, 1.82) is 0 Å². The molecule has 0 spiro atoms. The summed E-state index contributed by atoms with van der Waals surface area (Å²) in [6, 6.07) is 3.11. The summed E-state index contributed by atoms with van der Waals surface area (Å²) in [6.45, 7) is 0.964. The number of benzene rings is 1. The molecule has 1 saturated carbocycles. The van der Waals surface area contributed by atoms with Crippen LogP contribution in [0.4, 0.5) is 15.8 Å². The van der Waals surface area contributed by atoms with Crippen LogP contribution >= 0.6 is 15.9 Å². The highest BCUT2D eigenvalue weighted by Gasteiger charge is 2.23. The van der Waals surface area contributed by atoms with E-state index in [0.717, 1.165) is 18.2 Å². The van der Waals surface area contributed by atoms with Gasteiger partial charge in [0.2, 0.25) is 0 Å². The van der Waals surface area contributed by atoms with E-state index in [0.29, 0.717) is 10.2 Å². The maximum atomic E-state index is 13.3. The standard InChI is InChI=1S/C11H14BrFN2/c1-15(6-7-2-3-7)11-5-9(13)8(12)4-10(11)14/h4-5,7H,2-3,6,14H2,1H3. The first kappa shape index (κ1) is 10.7. The van der Waals surface area contributed by atoms with Crippen LogP contribution in [0.2, 0.25) is 0 Å². The summed E-state index contributed by atoms with van der Waals surface area (Å²) in [5, 5.41) is 0. The smallest absolute Gasteiger partial charge is 0.139 e. The molecular formula is C11H14BrFN2. The second-order valence-corrected chi connectivity index (χ2v) is 5.00. The van der Waals surface area contributed by atoms with Crippen LogP contribution < -0.4 is 10.6 Å². The van der Waals surface area contributed by atoms with Gasteiger partial charge in [0.25, 0.3) is 0 Å². The normalized spacial score (nSPS) is 15.4. The van der Waals surface area contributed by atoms with E-state index in [1.807, 2.05) is 11.9 Å². The number of hydrogen-bond donors (Lipinski definition) is 1. The van der Waals surface area contributed by atoms with Crippen molar-refractivity contribution in [3.63, 3.8) is 0 Å². The second-order valence-electron chi connectivity index (χ2n) is 4.15. The molecule has 1 fully saturated rings. The fourth-order valence-corrected chi connectivity index (χ4v) is 2.03. The van der Waals surface area contributed by atoms with Crippen molar-refractivity contribution in [1.82, 2.24) is 0 Å². The van der Waals surface area contributed by atoms with Gasteiger partial charge < -0.3 is 10.6 Å². The van der Waals surface area contributed by atoms with Crippen molar-refractivity contribution in [3.05, 3.63) is 22.4 Å². The van der Waals surface area contributed by atoms with E-state index >= 15 is 0 Å².